The molecule has 208 valence electrons. The van der Waals surface area contributed by atoms with Gasteiger partial charge in [0, 0.05) is 42.9 Å². The molecule has 0 unspecified atom stereocenters. The molecule has 40 heavy (non-hydrogen) atoms. The van der Waals surface area contributed by atoms with Gasteiger partial charge in [-0.1, -0.05) is 6.92 Å². The molecule has 0 aliphatic rings. The maximum Gasteiger partial charge on any atom is 0.435 e. The highest BCUT2D eigenvalue weighted by atomic mass is 19.4. The quantitative estimate of drug-likeness (QED) is 0.217. The monoisotopic (exact) mass is 554 g/mol. The van der Waals surface area contributed by atoms with E-state index in [4.69, 9.17) is 11.0 Å². The number of fused-ring (bicyclic) bond motifs is 1. The average molecular weight is 555 g/mol. The van der Waals surface area contributed by atoms with Gasteiger partial charge in [0.2, 0.25) is 5.91 Å². The van der Waals surface area contributed by atoms with E-state index in [0.29, 0.717) is 17.7 Å². The zero-order valence-electron chi connectivity index (χ0n) is 21.3. The first-order valence-corrected chi connectivity index (χ1v) is 12.1. The highest BCUT2D eigenvalue weighted by Crippen LogP contribution is 2.37. The normalized spacial score (nSPS) is 11.3. The number of halogens is 3. The summed E-state index contributed by atoms with van der Waals surface area (Å²) in [6.45, 7) is 1.89. The van der Waals surface area contributed by atoms with E-state index in [0.717, 1.165) is 16.4 Å². The van der Waals surface area contributed by atoms with Crippen molar-refractivity contribution in [3.05, 3.63) is 59.8 Å². The van der Waals surface area contributed by atoms with Crippen LogP contribution < -0.4 is 21.7 Å². The van der Waals surface area contributed by atoms with Gasteiger partial charge in [0.25, 0.3) is 5.91 Å². The van der Waals surface area contributed by atoms with Crippen LogP contribution >= 0.6 is 0 Å². The second-order valence-corrected chi connectivity index (χ2v) is 8.52. The number of hydrogen-bond donors (Lipinski definition) is 4. The van der Waals surface area contributed by atoms with E-state index in [-0.39, 0.29) is 60.7 Å². The number of aryl methyl sites for hydroxylation is 1. The van der Waals surface area contributed by atoms with Gasteiger partial charge in [-0.2, -0.15) is 23.5 Å². The van der Waals surface area contributed by atoms with E-state index >= 15 is 0 Å². The number of alkyl halides is 3. The summed E-state index contributed by atoms with van der Waals surface area (Å²) in [5.74, 6) is -0.343. The van der Waals surface area contributed by atoms with Gasteiger partial charge in [0.05, 0.1) is 30.1 Å². The molecule has 4 rings (SSSR count). The summed E-state index contributed by atoms with van der Waals surface area (Å²) < 4.78 is 43.5. The number of rotatable bonds is 10. The van der Waals surface area contributed by atoms with Crippen LogP contribution in [0.15, 0.2) is 43.0 Å². The molecule has 0 aliphatic carbocycles. The number of amides is 2. The van der Waals surface area contributed by atoms with Gasteiger partial charge in [-0.15, -0.1) is 0 Å². The standard InChI is InChI=1S/C25H25F3N10O2/c1-2-15-11-16(3-4-17(15)24(40)33-7-6-31-20(39)12-30)35-22-23-34-13-19(38(23)10-8-32-22)18-14-37(9-5-29)36-21(18)25(26,27)28/h3-4,8,10-11,13-14H,2,6-7,9,12,30H2,1H3,(H,31,39)(H,32,35)(H,33,40). The lowest BCUT2D eigenvalue weighted by atomic mass is 10.0. The number of nitriles is 1. The second kappa shape index (κ2) is 11.8. The molecule has 0 aliphatic heterocycles. The predicted molar refractivity (Wildman–Crippen MR) is 138 cm³/mol. The molecular weight excluding hydrogens is 529 g/mol. The van der Waals surface area contributed by atoms with E-state index in [9.17, 15) is 22.8 Å². The molecule has 0 saturated carbocycles. The van der Waals surface area contributed by atoms with E-state index in [1.807, 2.05) is 6.92 Å². The molecule has 1 aromatic carbocycles. The van der Waals surface area contributed by atoms with Gasteiger partial charge in [-0.3, -0.25) is 18.7 Å². The fourth-order valence-electron chi connectivity index (χ4n) is 4.05. The molecule has 0 saturated heterocycles. The van der Waals surface area contributed by atoms with E-state index in [1.165, 1.54) is 23.0 Å². The molecule has 3 heterocycles. The molecule has 0 radical (unpaired) electrons. The molecule has 2 amide bonds. The number of nitrogens with two attached hydrogens (primary N) is 1. The van der Waals surface area contributed by atoms with Crippen molar-refractivity contribution >= 4 is 29.0 Å². The Hall–Kier alpha value is -4.97. The summed E-state index contributed by atoms with van der Waals surface area (Å²) in [6, 6.07) is 6.87. The molecule has 0 spiro atoms. The van der Waals surface area contributed by atoms with Crippen LogP contribution in [-0.2, 0) is 23.9 Å². The Labute approximate surface area is 226 Å². The van der Waals surface area contributed by atoms with Gasteiger partial charge >= 0.3 is 6.18 Å². The average Bonchev–Trinajstić information content (AvgIpc) is 3.56. The van der Waals surface area contributed by atoms with Crippen molar-refractivity contribution in [2.24, 2.45) is 5.73 Å². The van der Waals surface area contributed by atoms with Crippen molar-refractivity contribution in [2.45, 2.75) is 26.1 Å². The summed E-state index contributed by atoms with van der Waals surface area (Å²) >= 11 is 0. The van der Waals surface area contributed by atoms with Crippen molar-refractivity contribution in [3.63, 3.8) is 0 Å². The zero-order chi connectivity index (χ0) is 28.9. The van der Waals surface area contributed by atoms with Crippen molar-refractivity contribution < 1.29 is 22.8 Å². The molecule has 12 nitrogen and oxygen atoms in total. The lowest BCUT2D eigenvalue weighted by Crippen LogP contribution is -2.37. The Morgan fingerprint density at radius 3 is 2.65 bits per heavy atom. The van der Waals surface area contributed by atoms with E-state index < -0.39 is 11.9 Å². The fraction of sp³-hybridized carbons (Fsp3) is 0.280. The lowest BCUT2D eigenvalue weighted by molar-refractivity contribution is -0.141. The number of anilines is 2. The SMILES string of the molecule is CCc1cc(Nc2nccn3c(-c4cn(CC#N)nc4C(F)(F)F)cnc23)ccc1C(=O)NCCNC(=O)CN. The number of aromatic nitrogens is 5. The Kier molecular flexibility index (Phi) is 8.29. The van der Waals surface area contributed by atoms with Crippen LogP contribution in [0.3, 0.4) is 0 Å². The van der Waals surface area contributed by atoms with Crippen molar-refractivity contribution in [3.8, 4) is 17.3 Å². The van der Waals surface area contributed by atoms with Gasteiger partial charge in [-0.25, -0.2) is 9.97 Å². The molecular formula is C25H25F3N10O2. The van der Waals surface area contributed by atoms with Crippen LogP contribution in [0.4, 0.5) is 24.7 Å². The minimum Gasteiger partial charge on any atom is -0.353 e. The van der Waals surface area contributed by atoms with Crippen molar-refractivity contribution in [2.75, 3.05) is 25.0 Å². The second-order valence-electron chi connectivity index (χ2n) is 8.52. The molecule has 0 atom stereocenters. The van der Waals surface area contributed by atoms with Gasteiger partial charge < -0.3 is 21.7 Å². The first-order chi connectivity index (χ1) is 19.2. The summed E-state index contributed by atoms with van der Waals surface area (Å²) in [7, 11) is 0. The third-order valence-corrected chi connectivity index (χ3v) is 5.88. The molecule has 0 fully saturated rings. The summed E-state index contributed by atoms with van der Waals surface area (Å²) in [5.41, 5.74) is 6.06. The Balaban J connectivity index is 1.58. The number of carbonyl (C=O) groups is 2. The Morgan fingerprint density at radius 1 is 1.18 bits per heavy atom. The molecule has 0 bridgehead atoms. The van der Waals surface area contributed by atoms with E-state index in [2.05, 4.69) is 31.0 Å². The molecule has 15 heteroatoms. The number of benzene rings is 1. The third-order valence-electron chi connectivity index (χ3n) is 5.88. The van der Waals surface area contributed by atoms with Crippen molar-refractivity contribution in [1.82, 2.24) is 34.8 Å². The molecule has 5 N–H and O–H groups in total. The highest BCUT2D eigenvalue weighted by Gasteiger charge is 2.38. The van der Waals surface area contributed by atoms with E-state index in [1.54, 1.807) is 24.3 Å². The minimum atomic E-state index is -4.74. The summed E-state index contributed by atoms with van der Waals surface area (Å²) in [5, 5.41) is 20.9. The maximum absolute atomic E-state index is 13.7. The number of nitrogens with zero attached hydrogens (tertiary/aromatic N) is 6. The first-order valence-electron chi connectivity index (χ1n) is 12.1. The predicted octanol–water partition coefficient (Wildman–Crippen LogP) is 2.25. The smallest absolute Gasteiger partial charge is 0.353 e. The third kappa shape index (κ3) is 6.02. The van der Waals surface area contributed by atoms with Gasteiger partial charge in [0.15, 0.2) is 17.2 Å². The highest BCUT2D eigenvalue weighted by molar-refractivity contribution is 5.96. The topological polar surface area (TPSA) is 168 Å². The van der Waals surface area contributed by atoms with Crippen LogP contribution in [0.5, 0.6) is 0 Å². The van der Waals surface area contributed by atoms with Gasteiger partial charge in [0.1, 0.15) is 6.54 Å². The number of hydrogen-bond acceptors (Lipinski definition) is 8. The lowest BCUT2D eigenvalue weighted by Gasteiger charge is -2.13. The van der Waals surface area contributed by atoms with Crippen LogP contribution in [0.1, 0.15) is 28.5 Å². The zero-order valence-corrected chi connectivity index (χ0v) is 21.3. The summed E-state index contributed by atoms with van der Waals surface area (Å²) in [4.78, 5) is 32.5. The van der Waals surface area contributed by atoms with Crippen molar-refractivity contribution in [1.29, 1.82) is 5.26 Å². The Bertz CT molecular complexity index is 1590. The van der Waals surface area contributed by atoms with Crippen LogP contribution in [0.2, 0.25) is 0 Å². The summed E-state index contributed by atoms with van der Waals surface area (Å²) in [6.07, 6.45) is 1.14. The Morgan fingerprint density at radius 2 is 1.95 bits per heavy atom. The fourth-order valence-corrected chi connectivity index (χ4v) is 4.05. The number of nitrogens with one attached hydrogen (secondary N) is 3. The molecule has 4 aromatic rings. The van der Waals surface area contributed by atoms with Crippen LogP contribution in [0, 0.1) is 11.3 Å². The number of imidazole rings is 1. The van der Waals surface area contributed by atoms with Crippen LogP contribution in [-0.4, -0.2) is 55.6 Å². The van der Waals surface area contributed by atoms with Gasteiger partial charge in [-0.05, 0) is 30.2 Å². The largest absolute Gasteiger partial charge is 0.435 e. The number of carbonyl (C=O) groups excluding carboxylic acids is 2. The maximum atomic E-state index is 13.7. The molecule has 3 aromatic heterocycles. The van der Waals surface area contributed by atoms with Crippen LogP contribution in [0.25, 0.3) is 16.9 Å². The first kappa shape index (κ1) is 28.0. The minimum absolute atomic E-state index is 0.126.